The molecule has 0 aromatic heterocycles. The van der Waals surface area contributed by atoms with Gasteiger partial charge in [0.15, 0.2) is 0 Å². The van der Waals surface area contributed by atoms with Gasteiger partial charge in [0, 0.05) is 18.7 Å². The van der Waals surface area contributed by atoms with Crippen molar-refractivity contribution in [2.24, 2.45) is 17.8 Å². The molecule has 1 fully saturated rings. The molecule has 0 radical (unpaired) electrons. The van der Waals surface area contributed by atoms with Gasteiger partial charge in [-0.25, -0.2) is 0 Å². The first kappa shape index (κ1) is 18.3. The lowest BCUT2D eigenvalue weighted by molar-refractivity contribution is -0.145. The number of carboxylic acids is 1. The van der Waals surface area contributed by atoms with Crippen LogP contribution in [-0.2, 0) is 4.79 Å². The Hall–Kier alpha value is -2.04. The number of likely N-dealkylation sites (tertiary alicyclic amines) is 1. The summed E-state index contributed by atoms with van der Waals surface area (Å²) in [6.45, 7) is 7.85. The Morgan fingerprint density at radius 2 is 1.96 bits per heavy atom. The topological polar surface area (TPSA) is 66.8 Å². The van der Waals surface area contributed by atoms with Gasteiger partial charge in [-0.15, -0.1) is 0 Å². The van der Waals surface area contributed by atoms with Crippen LogP contribution in [0.15, 0.2) is 24.3 Å². The Morgan fingerprint density at radius 1 is 1.29 bits per heavy atom. The number of hydrogen-bond donors (Lipinski definition) is 1. The van der Waals surface area contributed by atoms with Crippen molar-refractivity contribution in [3.8, 4) is 5.75 Å². The summed E-state index contributed by atoms with van der Waals surface area (Å²) in [4.78, 5) is 25.5. The van der Waals surface area contributed by atoms with Crippen molar-refractivity contribution in [2.75, 3.05) is 19.7 Å². The average Bonchev–Trinajstić information content (AvgIpc) is 2.54. The van der Waals surface area contributed by atoms with E-state index in [4.69, 9.17) is 9.84 Å². The largest absolute Gasteiger partial charge is 0.494 e. The molecule has 0 spiro atoms. The van der Waals surface area contributed by atoms with Gasteiger partial charge in [-0.3, -0.25) is 9.59 Å². The van der Waals surface area contributed by atoms with E-state index in [2.05, 4.69) is 13.8 Å². The van der Waals surface area contributed by atoms with Crippen molar-refractivity contribution in [2.45, 2.75) is 33.6 Å². The molecule has 0 saturated carbocycles. The highest BCUT2D eigenvalue weighted by atomic mass is 16.5. The first-order chi connectivity index (χ1) is 11.4. The molecule has 132 valence electrons. The van der Waals surface area contributed by atoms with Gasteiger partial charge in [-0.2, -0.15) is 0 Å². The second kappa shape index (κ2) is 8.18. The van der Waals surface area contributed by atoms with Crippen LogP contribution in [0.5, 0.6) is 5.75 Å². The lowest BCUT2D eigenvalue weighted by Crippen LogP contribution is -2.44. The van der Waals surface area contributed by atoms with Gasteiger partial charge < -0.3 is 14.7 Å². The minimum absolute atomic E-state index is 0.0289. The summed E-state index contributed by atoms with van der Waals surface area (Å²) >= 11 is 0. The van der Waals surface area contributed by atoms with Crippen molar-refractivity contribution in [3.63, 3.8) is 0 Å². The fourth-order valence-electron chi connectivity index (χ4n) is 2.99. The number of nitrogens with zero attached hydrogens (tertiary/aromatic N) is 1. The molecule has 2 rings (SSSR count). The quantitative estimate of drug-likeness (QED) is 0.867. The van der Waals surface area contributed by atoms with Crippen molar-refractivity contribution in [1.82, 2.24) is 4.90 Å². The van der Waals surface area contributed by atoms with Crippen molar-refractivity contribution in [1.29, 1.82) is 0 Å². The summed E-state index contributed by atoms with van der Waals surface area (Å²) < 4.78 is 5.66. The Bertz CT molecular complexity index is 567. The molecule has 1 heterocycles. The minimum Gasteiger partial charge on any atom is -0.494 e. The van der Waals surface area contributed by atoms with E-state index in [1.54, 1.807) is 17.0 Å². The van der Waals surface area contributed by atoms with Crippen LogP contribution < -0.4 is 4.74 Å². The van der Waals surface area contributed by atoms with E-state index in [1.165, 1.54) is 0 Å². The molecule has 1 aliphatic heterocycles. The maximum atomic E-state index is 12.6. The zero-order valence-electron chi connectivity index (χ0n) is 14.7. The van der Waals surface area contributed by atoms with E-state index in [9.17, 15) is 9.59 Å². The molecule has 24 heavy (non-hydrogen) atoms. The van der Waals surface area contributed by atoms with Gasteiger partial charge in [0.2, 0.25) is 0 Å². The van der Waals surface area contributed by atoms with Crippen LogP contribution >= 0.6 is 0 Å². The number of benzene rings is 1. The highest BCUT2D eigenvalue weighted by Gasteiger charge is 2.33. The molecule has 0 bridgehead atoms. The zero-order valence-corrected chi connectivity index (χ0v) is 14.7. The number of carbonyl (C=O) groups excluding carboxylic acids is 1. The minimum atomic E-state index is -0.766. The molecule has 2 atom stereocenters. The lowest BCUT2D eigenvalue weighted by atomic mass is 9.87. The number of carbonyl (C=O) groups is 2. The van der Waals surface area contributed by atoms with Gasteiger partial charge in [-0.1, -0.05) is 20.8 Å². The number of rotatable bonds is 6. The molecule has 1 amide bonds. The van der Waals surface area contributed by atoms with Gasteiger partial charge in [0.05, 0.1) is 12.5 Å². The lowest BCUT2D eigenvalue weighted by Gasteiger charge is -2.35. The number of carboxylic acid groups (broad SMARTS) is 1. The summed E-state index contributed by atoms with van der Waals surface area (Å²) in [6, 6.07) is 7.20. The highest BCUT2D eigenvalue weighted by Crippen LogP contribution is 2.25. The molecule has 1 aromatic carbocycles. The standard InChI is InChI=1S/C19H27NO4/c1-13(2)9-11-24-16-6-4-15(5-7-16)18(21)20-10-8-17(19(22)23)14(3)12-20/h4-7,13-14,17H,8-12H2,1-3H3,(H,22,23). The first-order valence-corrected chi connectivity index (χ1v) is 8.63. The van der Waals surface area contributed by atoms with E-state index < -0.39 is 5.97 Å². The maximum absolute atomic E-state index is 12.6. The predicted octanol–water partition coefficient (Wildman–Crippen LogP) is 3.29. The molecule has 1 aliphatic rings. The van der Waals surface area contributed by atoms with Crippen LogP contribution in [0.4, 0.5) is 0 Å². The summed E-state index contributed by atoms with van der Waals surface area (Å²) in [6.07, 6.45) is 1.51. The summed E-state index contributed by atoms with van der Waals surface area (Å²) in [7, 11) is 0. The first-order valence-electron chi connectivity index (χ1n) is 8.63. The third-order valence-electron chi connectivity index (χ3n) is 4.57. The van der Waals surface area contributed by atoms with Crippen molar-refractivity contribution < 1.29 is 19.4 Å². The van der Waals surface area contributed by atoms with Crippen LogP contribution in [-0.4, -0.2) is 41.6 Å². The van der Waals surface area contributed by atoms with Gasteiger partial charge in [0.1, 0.15) is 5.75 Å². The van der Waals surface area contributed by atoms with Crippen LogP contribution in [0.2, 0.25) is 0 Å². The Labute approximate surface area is 143 Å². The molecular weight excluding hydrogens is 306 g/mol. The third kappa shape index (κ3) is 4.73. The smallest absolute Gasteiger partial charge is 0.306 e. The van der Waals surface area contributed by atoms with Gasteiger partial charge in [0.25, 0.3) is 5.91 Å². The Morgan fingerprint density at radius 3 is 2.50 bits per heavy atom. The molecule has 1 saturated heterocycles. The number of ether oxygens (including phenoxy) is 1. The normalized spacial score (nSPS) is 20.9. The second-order valence-electron chi connectivity index (χ2n) is 7.02. The monoisotopic (exact) mass is 333 g/mol. The number of hydrogen-bond acceptors (Lipinski definition) is 3. The predicted molar refractivity (Wildman–Crippen MR) is 92.2 cm³/mol. The molecule has 1 aromatic rings. The highest BCUT2D eigenvalue weighted by molar-refractivity contribution is 5.94. The SMILES string of the molecule is CC(C)CCOc1ccc(C(=O)N2CCC(C(=O)O)C(C)C2)cc1. The van der Waals surface area contributed by atoms with E-state index in [1.807, 2.05) is 19.1 Å². The van der Waals surface area contributed by atoms with Crippen LogP contribution in [0.3, 0.4) is 0 Å². The van der Waals surface area contributed by atoms with E-state index in [-0.39, 0.29) is 17.7 Å². The summed E-state index contributed by atoms with van der Waals surface area (Å²) in [5.41, 5.74) is 0.618. The van der Waals surface area contributed by atoms with Gasteiger partial charge >= 0.3 is 5.97 Å². The molecular formula is C19H27NO4. The summed E-state index contributed by atoms with van der Waals surface area (Å²) in [5.74, 6) is 0.174. The van der Waals surface area contributed by atoms with Gasteiger partial charge in [-0.05, 0) is 48.9 Å². The van der Waals surface area contributed by atoms with E-state index in [0.29, 0.717) is 37.6 Å². The molecule has 2 unspecified atom stereocenters. The Balaban J connectivity index is 1.92. The molecule has 0 aliphatic carbocycles. The Kier molecular flexibility index (Phi) is 6.23. The van der Waals surface area contributed by atoms with Crippen LogP contribution in [0.1, 0.15) is 44.0 Å². The third-order valence-corrected chi connectivity index (χ3v) is 4.57. The van der Waals surface area contributed by atoms with Crippen molar-refractivity contribution in [3.05, 3.63) is 29.8 Å². The maximum Gasteiger partial charge on any atom is 0.306 e. The summed E-state index contributed by atoms with van der Waals surface area (Å²) in [5, 5.41) is 9.17. The van der Waals surface area contributed by atoms with Crippen molar-refractivity contribution >= 4 is 11.9 Å². The molecule has 5 heteroatoms. The fourth-order valence-corrected chi connectivity index (χ4v) is 2.99. The molecule has 5 nitrogen and oxygen atoms in total. The van der Waals surface area contributed by atoms with Crippen LogP contribution in [0, 0.1) is 17.8 Å². The molecule has 1 N–H and O–H groups in total. The number of amides is 1. The van der Waals surface area contributed by atoms with E-state index in [0.717, 1.165) is 12.2 Å². The van der Waals surface area contributed by atoms with E-state index >= 15 is 0 Å². The zero-order chi connectivity index (χ0) is 17.7. The fraction of sp³-hybridized carbons (Fsp3) is 0.579. The number of aliphatic carboxylic acids is 1. The average molecular weight is 333 g/mol. The second-order valence-corrected chi connectivity index (χ2v) is 7.02. The number of piperidine rings is 1. The van der Waals surface area contributed by atoms with Crippen LogP contribution in [0.25, 0.3) is 0 Å².